The van der Waals surface area contributed by atoms with Crippen LogP contribution in [0.3, 0.4) is 0 Å². The molecule has 0 radical (unpaired) electrons. The van der Waals surface area contributed by atoms with Gasteiger partial charge in [-0.25, -0.2) is 4.79 Å². The molecule has 0 saturated carbocycles. The van der Waals surface area contributed by atoms with Gasteiger partial charge in [-0.1, -0.05) is 22.0 Å². The zero-order chi connectivity index (χ0) is 17.4. The predicted octanol–water partition coefficient (Wildman–Crippen LogP) is 4.80. The normalized spacial score (nSPS) is 11.1. The van der Waals surface area contributed by atoms with E-state index in [2.05, 4.69) is 44.2 Å². The molecular weight excluding hydrogens is 382 g/mol. The molecule has 0 bridgehead atoms. The zero-order valence-corrected chi connectivity index (χ0v) is 15.1. The van der Waals surface area contributed by atoms with Crippen LogP contribution in [0.5, 0.6) is 0 Å². The lowest BCUT2D eigenvalue weighted by Crippen LogP contribution is -1.99. The largest absolute Gasteiger partial charge is 0.459 e. The highest BCUT2D eigenvalue weighted by Crippen LogP contribution is 2.27. The van der Waals surface area contributed by atoms with Crippen molar-refractivity contribution >= 4 is 32.7 Å². The minimum Gasteiger partial charge on any atom is -0.459 e. The molecule has 0 saturated heterocycles. The van der Waals surface area contributed by atoms with Crippen LogP contribution in [0.2, 0.25) is 0 Å². The van der Waals surface area contributed by atoms with Crippen LogP contribution in [0.15, 0.2) is 62.2 Å². The second-order valence-electron chi connectivity index (χ2n) is 5.92. The van der Waals surface area contributed by atoms with Gasteiger partial charge in [-0.15, -0.1) is 0 Å². The van der Waals surface area contributed by atoms with Crippen molar-refractivity contribution in [3.63, 3.8) is 0 Å². The van der Waals surface area contributed by atoms with E-state index in [9.17, 15) is 4.79 Å². The van der Waals surface area contributed by atoms with E-state index < -0.39 is 0 Å². The van der Waals surface area contributed by atoms with Gasteiger partial charge in [0.2, 0.25) is 0 Å². The van der Waals surface area contributed by atoms with Crippen molar-refractivity contribution in [1.29, 1.82) is 0 Å². The number of aromatic nitrogens is 2. The van der Waals surface area contributed by atoms with Crippen molar-refractivity contribution in [3.05, 3.63) is 74.8 Å². The molecule has 0 aliphatic heterocycles. The van der Waals surface area contributed by atoms with Crippen molar-refractivity contribution in [2.75, 3.05) is 5.32 Å². The quantitative estimate of drug-likeness (QED) is 0.462. The summed E-state index contributed by atoms with van der Waals surface area (Å²) in [6.07, 6.45) is 0. The number of anilines is 1. The molecule has 0 spiro atoms. The van der Waals surface area contributed by atoms with Gasteiger partial charge in [0, 0.05) is 15.7 Å². The minimum atomic E-state index is -0.201. The van der Waals surface area contributed by atoms with Gasteiger partial charge in [0.15, 0.2) is 0 Å². The lowest BCUT2D eigenvalue weighted by molar-refractivity contribution is 0.531. The number of imidazole rings is 1. The number of benzene rings is 2. The molecule has 2 aromatic carbocycles. The molecule has 4 rings (SSSR count). The Morgan fingerprint density at radius 2 is 1.88 bits per heavy atom. The van der Waals surface area contributed by atoms with Crippen LogP contribution in [-0.4, -0.2) is 9.97 Å². The molecule has 0 fully saturated rings. The van der Waals surface area contributed by atoms with E-state index in [1.165, 1.54) is 5.56 Å². The molecule has 25 heavy (non-hydrogen) atoms. The first-order chi connectivity index (χ1) is 12.1. The maximum absolute atomic E-state index is 11.3. The number of rotatable bonds is 4. The third-order valence-corrected chi connectivity index (χ3v) is 4.98. The Balaban J connectivity index is 1.50. The van der Waals surface area contributed by atoms with Gasteiger partial charge in [0.05, 0.1) is 17.6 Å². The predicted molar refractivity (Wildman–Crippen MR) is 103 cm³/mol. The Bertz CT molecular complexity index is 1110. The van der Waals surface area contributed by atoms with Gasteiger partial charge in [0.1, 0.15) is 11.5 Å². The Kier molecular flexibility index (Phi) is 3.97. The number of hydrogen-bond donors (Lipinski definition) is 3. The summed E-state index contributed by atoms with van der Waals surface area (Å²) in [5.41, 5.74) is 4.51. The molecule has 126 valence electrons. The van der Waals surface area contributed by atoms with Crippen LogP contribution >= 0.6 is 15.9 Å². The SMILES string of the molecule is Cc1cc(-c2ccc(CNc3ccc4[nH]c(=O)[nH]c4c3)o2)ccc1Br. The summed E-state index contributed by atoms with van der Waals surface area (Å²) >= 11 is 3.51. The summed E-state index contributed by atoms with van der Waals surface area (Å²) in [7, 11) is 0. The van der Waals surface area contributed by atoms with Crippen molar-refractivity contribution in [1.82, 2.24) is 9.97 Å². The monoisotopic (exact) mass is 397 g/mol. The molecule has 4 aromatic rings. The number of fused-ring (bicyclic) bond motifs is 1. The first-order valence-electron chi connectivity index (χ1n) is 7.90. The topological polar surface area (TPSA) is 73.8 Å². The van der Waals surface area contributed by atoms with Crippen LogP contribution in [0.4, 0.5) is 5.69 Å². The maximum atomic E-state index is 11.3. The standard InChI is InChI=1S/C19H16BrN3O2/c1-11-8-12(2-5-15(11)20)18-7-4-14(25-18)10-21-13-3-6-16-17(9-13)23-19(24)22-16/h2-9,21H,10H2,1H3,(H2,22,23,24). The van der Waals surface area contributed by atoms with Crippen molar-refractivity contribution in [3.8, 4) is 11.3 Å². The second-order valence-corrected chi connectivity index (χ2v) is 6.78. The summed E-state index contributed by atoms with van der Waals surface area (Å²) in [5.74, 6) is 1.69. The zero-order valence-electron chi connectivity index (χ0n) is 13.5. The highest BCUT2D eigenvalue weighted by Gasteiger charge is 2.07. The highest BCUT2D eigenvalue weighted by molar-refractivity contribution is 9.10. The molecular formula is C19H16BrN3O2. The number of aryl methyl sites for hydroxylation is 1. The van der Waals surface area contributed by atoms with Crippen LogP contribution in [-0.2, 0) is 6.54 Å². The van der Waals surface area contributed by atoms with Gasteiger partial charge in [-0.3, -0.25) is 0 Å². The molecule has 2 heterocycles. The Labute approximate surface area is 152 Å². The van der Waals surface area contributed by atoms with E-state index in [0.717, 1.165) is 38.3 Å². The first kappa shape index (κ1) is 15.8. The van der Waals surface area contributed by atoms with Crippen molar-refractivity contribution in [2.45, 2.75) is 13.5 Å². The average molecular weight is 398 g/mol. The highest BCUT2D eigenvalue weighted by atomic mass is 79.9. The number of aromatic amines is 2. The number of hydrogen-bond acceptors (Lipinski definition) is 3. The van der Waals surface area contributed by atoms with Gasteiger partial charge >= 0.3 is 5.69 Å². The Hall–Kier alpha value is -2.73. The number of furan rings is 1. The fraction of sp³-hybridized carbons (Fsp3) is 0.105. The van der Waals surface area contributed by atoms with Crippen LogP contribution in [0, 0.1) is 6.92 Å². The summed E-state index contributed by atoms with van der Waals surface area (Å²) in [6, 6.07) is 15.8. The fourth-order valence-corrected chi connectivity index (χ4v) is 3.00. The van der Waals surface area contributed by atoms with E-state index in [4.69, 9.17) is 4.42 Å². The number of nitrogens with one attached hydrogen (secondary N) is 3. The van der Waals surface area contributed by atoms with Gasteiger partial charge in [-0.05, 0) is 55.0 Å². The molecule has 0 amide bonds. The first-order valence-corrected chi connectivity index (χ1v) is 8.69. The average Bonchev–Trinajstić information content (AvgIpc) is 3.20. The van der Waals surface area contributed by atoms with E-state index >= 15 is 0 Å². The van der Waals surface area contributed by atoms with Crippen LogP contribution < -0.4 is 11.0 Å². The smallest absolute Gasteiger partial charge is 0.323 e. The molecule has 6 heteroatoms. The Morgan fingerprint density at radius 3 is 2.72 bits per heavy atom. The van der Waals surface area contributed by atoms with Crippen molar-refractivity contribution < 1.29 is 4.42 Å². The molecule has 2 aromatic heterocycles. The number of halogens is 1. The van der Waals surface area contributed by atoms with E-state index in [-0.39, 0.29) is 5.69 Å². The van der Waals surface area contributed by atoms with Crippen molar-refractivity contribution in [2.24, 2.45) is 0 Å². The molecule has 0 atom stereocenters. The maximum Gasteiger partial charge on any atom is 0.323 e. The number of H-pyrrole nitrogens is 2. The van der Waals surface area contributed by atoms with E-state index in [1.807, 2.05) is 42.5 Å². The van der Waals surface area contributed by atoms with Gasteiger partial charge < -0.3 is 19.7 Å². The second kappa shape index (κ2) is 6.29. The molecule has 5 nitrogen and oxygen atoms in total. The van der Waals surface area contributed by atoms with E-state index in [1.54, 1.807) is 0 Å². The summed E-state index contributed by atoms with van der Waals surface area (Å²) in [6.45, 7) is 2.62. The molecule has 0 aliphatic rings. The lowest BCUT2D eigenvalue weighted by atomic mass is 10.1. The lowest BCUT2D eigenvalue weighted by Gasteiger charge is -2.05. The molecule has 0 aliphatic carbocycles. The van der Waals surface area contributed by atoms with E-state index in [0.29, 0.717) is 6.54 Å². The summed E-state index contributed by atoms with van der Waals surface area (Å²) in [4.78, 5) is 16.8. The summed E-state index contributed by atoms with van der Waals surface area (Å²) < 4.78 is 7.02. The summed E-state index contributed by atoms with van der Waals surface area (Å²) in [5, 5.41) is 3.31. The van der Waals surface area contributed by atoms with Crippen LogP contribution in [0.25, 0.3) is 22.4 Å². The third-order valence-electron chi connectivity index (χ3n) is 4.09. The fourth-order valence-electron chi connectivity index (χ4n) is 2.76. The molecule has 0 unspecified atom stereocenters. The Morgan fingerprint density at radius 1 is 1.04 bits per heavy atom. The van der Waals surface area contributed by atoms with Gasteiger partial charge in [0.25, 0.3) is 0 Å². The van der Waals surface area contributed by atoms with Crippen LogP contribution in [0.1, 0.15) is 11.3 Å². The molecule has 3 N–H and O–H groups in total. The minimum absolute atomic E-state index is 0.201. The van der Waals surface area contributed by atoms with Gasteiger partial charge in [-0.2, -0.15) is 0 Å². The third kappa shape index (κ3) is 3.25.